The van der Waals surface area contributed by atoms with Crippen molar-refractivity contribution in [3.8, 4) is 22.6 Å². The lowest BCUT2D eigenvalue weighted by atomic mass is 10.00. The number of hydrogen-bond acceptors (Lipinski definition) is 5. The van der Waals surface area contributed by atoms with Gasteiger partial charge in [0.25, 0.3) is 11.5 Å². The molecule has 9 nitrogen and oxygen atoms in total. The Balaban J connectivity index is 1.86. The van der Waals surface area contributed by atoms with Gasteiger partial charge in [-0.3, -0.25) is 14.3 Å². The van der Waals surface area contributed by atoms with Crippen molar-refractivity contribution in [2.24, 2.45) is 7.05 Å². The fourth-order valence-corrected chi connectivity index (χ4v) is 5.28. The Morgan fingerprint density at radius 2 is 1.81 bits per heavy atom. The molecule has 5 aromatic rings. The molecule has 0 unspecified atom stereocenters. The Bertz CT molecular complexity index is 1870. The topological polar surface area (TPSA) is 97.2 Å². The molecule has 0 bridgehead atoms. The predicted molar refractivity (Wildman–Crippen MR) is 166 cm³/mol. The van der Waals surface area contributed by atoms with Crippen molar-refractivity contribution in [2.45, 2.75) is 46.8 Å². The van der Waals surface area contributed by atoms with Gasteiger partial charge in [0.05, 0.1) is 12.1 Å². The maximum atomic E-state index is 15.0. The van der Waals surface area contributed by atoms with Crippen LogP contribution in [0.15, 0.2) is 47.4 Å². The van der Waals surface area contributed by atoms with Crippen LogP contribution in [0, 0.1) is 13.8 Å². The van der Waals surface area contributed by atoms with Crippen molar-refractivity contribution >= 4 is 33.5 Å². The second-order valence-corrected chi connectivity index (χ2v) is 11.6. The summed E-state index contributed by atoms with van der Waals surface area (Å²) in [4.78, 5) is 30.8. The standard InChI is InChI=1S/C32H37FN6O3/c1-9-34-30(40)24-13-21-23(16-38(8)31(41)27(21)35-24)20-14-25-22(29(37(6)7)36-39(25)17-32(4,5)33)15-26(20)42-28-18(2)11-10-12-19(28)3/h10-16,35H,9,17H2,1-8H3,(H,34,40). The van der Waals surface area contributed by atoms with E-state index in [0.29, 0.717) is 40.1 Å². The molecule has 0 atom stereocenters. The molecule has 0 radical (unpaired) electrons. The van der Waals surface area contributed by atoms with Crippen LogP contribution < -0.4 is 20.5 Å². The molecule has 0 saturated carbocycles. The van der Waals surface area contributed by atoms with Gasteiger partial charge in [-0.05, 0) is 63.9 Å². The molecule has 1 amide bonds. The highest BCUT2D eigenvalue weighted by Crippen LogP contribution is 2.43. The fraction of sp³-hybridized carbons (Fsp3) is 0.344. The molecular formula is C32H37FN6O3. The van der Waals surface area contributed by atoms with Gasteiger partial charge in [0.2, 0.25) is 0 Å². The zero-order valence-electron chi connectivity index (χ0n) is 25.3. The lowest BCUT2D eigenvalue weighted by Gasteiger charge is -2.18. The molecule has 3 heterocycles. The van der Waals surface area contributed by atoms with Crippen LogP contribution in [0.4, 0.5) is 10.2 Å². The van der Waals surface area contributed by atoms with Crippen molar-refractivity contribution < 1.29 is 13.9 Å². The number of alkyl halides is 1. The number of ether oxygens (including phenoxy) is 1. The first-order valence-electron chi connectivity index (χ1n) is 13.9. The van der Waals surface area contributed by atoms with Crippen LogP contribution in [-0.4, -0.2) is 51.5 Å². The van der Waals surface area contributed by atoms with Gasteiger partial charge in [-0.15, -0.1) is 0 Å². The molecule has 3 aromatic heterocycles. The third-order valence-electron chi connectivity index (χ3n) is 7.24. The summed E-state index contributed by atoms with van der Waals surface area (Å²) >= 11 is 0. The van der Waals surface area contributed by atoms with Gasteiger partial charge in [-0.1, -0.05) is 18.2 Å². The van der Waals surface area contributed by atoms with E-state index in [2.05, 4.69) is 10.3 Å². The van der Waals surface area contributed by atoms with Gasteiger partial charge in [-0.25, -0.2) is 4.39 Å². The van der Waals surface area contributed by atoms with Crippen molar-refractivity contribution in [3.05, 3.63) is 69.8 Å². The number of nitrogens with zero attached hydrogens (tertiary/aromatic N) is 4. The van der Waals surface area contributed by atoms with Crippen LogP contribution in [-0.2, 0) is 13.6 Å². The smallest absolute Gasteiger partial charge is 0.274 e. The molecule has 220 valence electrons. The lowest BCUT2D eigenvalue weighted by Crippen LogP contribution is -2.23. The Labute approximate surface area is 243 Å². The Morgan fingerprint density at radius 1 is 1.12 bits per heavy atom. The Hall–Kier alpha value is -4.60. The minimum absolute atomic E-state index is 0.0437. The Kier molecular flexibility index (Phi) is 7.34. The van der Waals surface area contributed by atoms with Crippen molar-refractivity contribution in [1.82, 2.24) is 24.6 Å². The second kappa shape index (κ2) is 10.7. The number of halogens is 1. The van der Waals surface area contributed by atoms with Crippen molar-refractivity contribution in [1.29, 1.82) is 0 Å². The number of H-pyrrole nitrogens is 1. The van der Waals surface area contributed by atoms with E-state index in [9.17, 15) is 14.0 Å². The van der Waals surface area contributed by atoms with Crippen LogP contribution in [0.1, 0.15) is 42.4 Å². The largest absolute Gasteiger partial charge is 0.456 e. The van der Waals surface area contributed by atoms with Crippen LogP contribution in [0.3, 0.4) is 0 Å². The number of fused-ring (bicyclic) bond motifs is 2. The molecule has 2 N–H and O–H groups in total. The number of hydrogen-bond donors (Lipinski definition) is 2. The number of carbonyl (C=O) groups is 1. The van der Waals surface area contributed by atoms with Gasteiger partial charge < -0.3 is 24.5 Å². The normalized spacial score (nSPS) is 11.8. The Morgan fingerprint density at radius 3 is 2.43 bits per heavy atom. The molecule has 0 aliphatic heterocycles. The quantitative estimate of drug-likeness (QED) is 0.243. The van der Waals surface area contributed by atoms with E-state index in [1.165, 1.54) is 18.4 Å². The molecule has 0 aliphatic carbocycles. The summed E-state index contributed by atoms with van der Waals surface area (Å²) in [5.41, 5.74) is 2.83. The number of benzene rings is 2. The maximum absolute atomic E-state index is 15.0. The van der Waals surface area contributed by atoms with Crippen LogP contribution in [0.25, 0.3) is 32.9 Å². The van der Waals surface area contributed by atoms with E-state index in [1.54, 1.807) is 24.0 Å². The molecular weight excluding hydrogens is 535 g/mol. The van der Waals surface area contributed by atoms with E-state index < -0.39 is 5.67 Å². The number of carbonyl (C=O) groups excluding carboxylic acids is 1. The maximum Gasteiger partial charge on any atom is 0.274 e. The molecule has 0 spiro atoms. The average molecular weight is 573 g/mol. The number of aryl methyl sites for hydroxylation is 3. The van der Waals surface area contributed by atoms with Gasteiger partial charge >= 0.3 is 0 Å². The predicted octanol–water partition coefficient (Wildman–Crippen LogP) is 5.86. The number of aromatic amines is 1. The number of rotatable bonds is 8. The van der Waals surface area contributed by atoms with Crippen LogP contribution in [0.2, 0.25) is 0 Å². The highest BCUT2D eigenvalue weighted by molar-refractivity contribution is 6.05. The van der Waals surface area contributed by atoms with E-state index in [0.717, 1.165) is 27.8 Å². The highest BCUT2D eigenvalue weighted by Gasteiger charge is 2.25. The molecule has 0 fully saturated rings. The monoisotopic (exact) mass is 572 g/mol. The first-order chi connectivity index (χ1) is 19.8. The van der Waals surface area contributed by atoms with E-state index in [1.807, 2.05) is 70.1 Å². The lowest BCUT2D eigenvalue weighted by molar-refractivity contribution is 0.0951. The highest BCUT2D eigenvalue weighted by atomic mass is 19.1. The minimum atomic E-state index is -1.51. The molecule has 2 aromatic carbocycles. The first-order valence-corrected chi connectivity index (χ1v) is 13.9. The zero-order valence-corrected chi connectivity index (χ0v) is 25.3. The number of para-hydroxylation sites is 1. The van der Waals surface area contributed by atoms with Crippen LogP contribution in [0.5, 0.6) is 11.5 Å². The number of amides is 1. The third kappa shape index (κ3) is 5.24. The molecule has 10 heteroatoms. The summed E-state index contributed by atoms with van der Waals surface area (Å²) < 4.78 is 24.8. The summed E-state index contributed by atoms with van der Waals surface area (Å²) in [7, 11) is 5.46. The zero-order chi connectivity index (χ0) is 30.5. The first kappa shape index (κ1) is 28.9. The summed E-state index contributed by atoms with van der Waals surface area (Å²) in [5, 5.41) is 8.93. The molecule has 0 saturated heterocycles. The van der Waals surface area contributed by atoms with E-state index in [-0.39, 0.29) is 23.7 Å². The number of nitrogens with one attached hydrogen (secondary N) is 2. The van der Waals surface area contributed by atoms with Gasteiger partial charge in [0.15, 0.2) is 5.82 Å². The third-order valence-corrected chi connectivity index (χ3v) is 7.24. The van der Waals surface area contributed by atoms with Gasteiger partial charge in [0.1, 0.15) is 28.4 Å². The summed E-state index contributed by atoms with van der Waals surface area (Å²) in [6, 6.07) is 11.5. The average Bonchev–Trinajstić information content (AvgIpc) is 3.50. The molecule has 42 heavy (non-hydrogen) atoms. The van der Waals surface area contributed by atoms with Crippen molar-refractivity contribution in [2.75, 3.05) is 25.5 Å². The SMILES string of the molecule is CCNC(=O)c1cc2c(-c3cc4c(cc3Oc3c(C)cccc3C)c(N(C)C)nn4CC(C)(C)F)cn(C)c(=O)c2[nH]1. The van der Waals surface area contributed by atoms with Crippen molar-refractivity contribution in [3.63, 3.8) is 0 Å². The van der Waals surface area contributed by atoms with E-state index in [4.69, 9.17) is 9.84 Å². The second-order valence-electron chi connectivity index (χ2n) is 11.6. The number of aromatic nitrogens is 4. The van der Waals surface area contributed by atoms with Crippen LogP contribution >= 0.6 is 0 Å². The summed E-state index contributed by atoms with van der Waals surface area (Å²) in [6.07, 6.45) is 1.74. The summed E-state index contributed by atoms with van der Waals surface area (Å²) in [6.45, 7) is 9.35. The van der Waals surface area contributed by atoms with E-state index >= 15 is 0 Å². The number of pyridine rings is 1. The summed E-state index contributed by atoms with van der Waals surface area (Å²) in [5.74, 6) is 1.64. The fourth-order valence-electron chi connectivity index (χ4n) is 5.28. The molecule has 5 rings (SSSR count). The van der Waals surface area contributed by atoms with Gasteiger partial charge in [-0.2, -0.15) is 5.10 Å². The minimum Gasteiger partial charge on any atom is -0.456 e. The van der Waals surface area contributed by atoms with Gasteiger partial charge in [0, 0.05) is 55.8 Å². The molecule has 0 aliphatic rings. The number of anilines is 1.